The Morgan fingerprint density at radius 1 is 1.44 bits per heavy atom. The van der Waals surface area contributed by atoms with E-state index in [9.17, 15) is 10.1 Å². The Morgan fingerprint density at radius 3 is 2.67 bits per heavy atom. The van der Waals surface area contributed by atoms with E-state index in [1.54, 1.807) is 19.9 Å². The molecule has 0 atom stereocenters. The van der Waals surface area contributed by atoms with Gasteiger partial charge in [0.05, 0.1) is 17.4 Å². The first-order valence-electron chi connectivity index (χ1n) is 5.63. The second-order valence-electron chi connectivity index (χ2n) is 4.14. The van der Waals surface area contributed by atoms with Crippen molar-refractivity contribution in [3.05, 3.63) is 33.4 Å². The number of nitrogens with two attached hydrogens (primary N) is 1. The van der Waals surface area contributed by atoms with Gasteiger partial charge in [-0.1, -0.05) is 0 Å². The molecule has 0 amide bonds. The van der Waals surface area contributed by atoms with Crippen molar-refractivity contribution in [1.82, 2.24) is 0 Å². The number of ether oxygens (including phenoxy) is 1. The van der Waals surface area contributed by atoms with Crippen molar-refractivity contribution in [3.8, 4) is 5.75 Å². The molecule has 0 bridgehead atoms. The van der Waals surface area contributed by atoms with Crippen molar-refractivity contribution >= 4 is 11.5 Å². The lowest BCUT2D eigenvalue weighted by molar-refractivity contribution is -0.385. The van der Waals surface area contributed by atoms with Crippen LogP contribution in [-0.4, -0.2) is 17.4 Å². The monoisotopic (exact) mass is 251 g/mol. The van der Waals surface area contributed by atoms with Crippen molar-refractivity contribution in [2.45, 2.75) is 26.7 Å². The minimum atomic E-state index is -0.401. The number of nitro groups is 1. The van der Waals surface area contributed by atoms with Crippen molar-refractivity contribution in [2.75, 3.05) is 6.61 Å². The number of nitro benzene ring substituents is 1. The van der Waals surface area contributed by atoms with Gasteiger partial charge in [0.25, 0.3) is 5.69 Å². The first-order chi connectivity index (χ1) is 8.41. The molecule has 0 radical (unpaired) electrons. The lowest BCUT2D eigenvalue weighted by Gasteiger charge is -2.10. The first-order valence-corrected chi connectivity index (χ1v) is 5.63. The maximum absolute atomic E-state index is 10.7. The molecular weight excluding hydrogens is 234 g/mol. The smallest absolute Gasteiger partial charge is 0.272 e. The Labute approximate surface area is 105 Å². The molecule has 1 aromatic carbocycles. The largest absolute Gasteiger partial charge is 0.493 e. The van der Waals surface area contributed by atoms with Gasteiger partial charge in [-0.05, 0) is 31.9 Å². The SMILES string of the molecule is Cc1cc([N+](=O)[O-])c(C)cc1OCCCC(=N)N. The molecule has 0 spiro atoms. The summed E-state index contributed by atoms with van der Waals surface area (Å²) in [7, 11) is 0. The summed E-state index contributed by atoms with van der Waals surface area (Å²) < 4.78 is 5.53. The number of nitrogens with one attached hydrogen (secondary N) is 1. The molecule has 1 aromatic rings. The second-order valence-corrected chi connectivity index (χ2v) is 4.14. The number of rotatable bonds is 6. The van der Waals surface area contributed by atoms with E-state index in [0.717, 1.165) is 5.56 Å². The second kappa shape index (κ2) is 6.00. The maximum atomic E-state index is 10.7. The molecule has 0 saturated heterocycles. The minimum Gasteiger partial charge on any atom is -0.493 e. The highest BCUT2D eigenvalue weighted by atomic mass is 16.6. The molecule has 3 N–H and O–H groups in total. The van der Waals surface area contributed by atoms with Crippen LogP contribution in [0.3, 0.4) is 0 Å². The third kappa shape index (κ3) is 3.73. The highest BCUT2D eigenvalue weighted by molar-refractivity contribution is 5.76. The molecule has 0 fully saturated rings. The Morgan fingerprint density at radius 2 is 2.11 bits per heavy atom. The molecule has 0 aliphatic heterocycles. The van der Waals surface area contributed by atoms with Gasteiger partial charge >= 0.3 is 0 Å². The molecule has 1 rings (SSSR count). The summed E-state index contributed by atoms with van der Waals surface area (Å²) in [6.07, 6.45) is 1.15. The fourth-order valence-electron chi connectivity index (χ4n) is 1.57. The molecular formula is C12H17N3O3. The standard InChI is InChI=1S/C12H17N3O3/c1-8-7-11(18-5-3-4-12(13)14)9(2)6-10(8)15(16)17/h6-7H,3-5H2,1-2H3,(H3,13,14). The quantitative estimate of drug-likeness (QED) is 0.266. The third-order valence-electron chi connectivity index (χ3n) is 2.54. The van der Waals surface area contributed by atoms with Crippen molar-refractivity contribution < 1.29 is 9.66 Å². The zero-order valence-corrected chi connectivity index (χ0v) is 10.5. The average Bonchev–Trinajstić information content (AvgIpc) is 2.27. The van der Waals surface area contributed by atoms with Crippen LogP contribution in [0, 0.1) is 29.4 Å². The molecule has 0 unspecified atom stereocenters. The Hall–Kier alpha value is -2.11. The van der Waals surface area contributed by atoms with Crippen molar-refractivity contribution in [3.63, 3.8) is 0 Å². The maximum Gasteiger partial charge on any atom is 0.272 e. The van der Waals surface area contributed by atoms with Gasteiger partial charge in [0.15, 0.2) is 0 Å². The minimum absolute atomic E-state index is 0.101. The van der Waals surface area contributed by atoms with E-state index in [2.05, 4.69) is 0 Å². The predicted octanol–water partition coefficient (Wildman–Crippen LogP) is 2.31. The number of amidine groups is 1. The summed E-state index contributed by atoms with van der Waals surface area (Å²) in [5, 5.41) is 17.8. The van der Waals surface area contributed by atoms with Crippen LogP contribution < -0.4 is 10.5 Å². The van der Waals surface area contributed by atoms with Crippen LogP contribution >= 0.6 is 0 Å². The van der Waals surface area contributed by atoms with Crippen molar-refractivity contribution in [1.29, 1.82) is 5.41 Å². The number of aryl methyl sites for hydroxylation is 2. The summed E-state index contributed by atoms with van der Waals surface area (Å²) in [5.41, 5.74) is 6.64. The molecule has 0 heterocycles. The fourth-order valence-corrected chi connectivity index (χ4v) is 1.57. The van der Waals surface area contributed by atoms with Gasteiger partial charge in [-0.2, -0.15) is 0 Å². The summed E-state index contributed by atoms with van der Waals surface area (Å²) in [6, 6.07) is 3.18. The van der Waals surface area contributed by atoms with Crippen molar-refractivity contribution in [2.24, 2.45) is 5.73 Å². The van der Waals surface area contributed by atoms with E-state index >= 15 is 0 Å². The average molecular weight is 251 g/mol. The number of nitrogens with zero attached hydrogens (tertiary/aromatic N) is 1. The molecule has 0 aliphatic rings. The van der Waals surface area contributed by atoms with Crippen LogP contribution in [-0.2, 0) is 0 Å². The zero-order valence-electron chi connectivity index (χ0n) is 10.5. The molecule has 18 heavy (non-hydrogen) atoms. The Balaban J connectivity index is 2.70. The topological polar surface area (TPSA) is 102 Å². The van der Waals surface area contributed by atoms with Gasteiger partial charge in [0.1, 0.15) is 5.75 Å². The molecule has 0 saturated carbocycles. The van der Waals surface area contributed by atoms with Crippen LogP contribution in [0.15, 0.2) is 12.1 Å². The summed E-state index contributed by atoms with van der Waals surface area (Å²) in [5.74, 6) is 0.775. The lowest BCUT2D eigenvalue weighted by Crippen LogP contribution is -2.11. The van der Waals surface area contributed by atoms with E-state index in [1.165, 1.54) is 6.07 Å². The highest BCUT2D eigenvalue weighted by Crippen LogP contribution is 2.27. The van der Waals surface area contributed by atoms with Crippen LogP contribution in [0.25, 0.3) is 0 Å². The Bertz CT molecular complexity index is 472. The van der Waals surface area contributed by atoms with Gasteiger partial charge in [0, 0.05) is 18.1 Å². The van der Waals surface area contributed by atoms with Gasteiger partial charge in [-0.15, -0.1) is 0 Å². The third-order valence-corrected chi connectivity index (χ3v) is 2.54. The number of hydrogen-bond acceptors (Lipinski definition) is 4. The van der Waals surface area contributed by atoms with E-state index in [1.807, 2.05) is 0 Å². The molecule has 0 aliphatic carbocycles. The van der Waals surface area contributed by atoms with Gasteiger partial charge < -0.3 is 10.5 Å². The van der Waals surface area contributed by atoms with Crippen LogP contribution in [0.4, 0.5) is 5.69 Å². The van der Waals surface area contributed by atoms with Crippen LogP contribution in [0.2, 0.25) is 0 Å². The van der Waals surface area contributed by atoms with E-state index in [0.29, 0.717) is 30.8 Å². The van der Waals surface area contributed by atoms with Gasteiger partial charge in [0.2, 0.25) is 0 Å². The fraction of sp³-hybridized carbons (Fsp3) is 0.417. The predicted molar refractivity (Wildman–Crippen MR) is 69.2 cm³/mol. The van der Waals surface area contributed by atoms with E-state index in [-0.39, 0.29) is 11.5 Å². The molecule has 0 aromatic heterocycles. The highest BCUT2D eigenvalue weighted by Gasteiger charge is 2.13. The first kappa shape index (κ1) is 14.0. The summed E-state index contributed by atoms with van der Waals surface area (Å²) >= 11 is 0. The van der Waals surface area contributed by atoms with Crippen LogP contribution in [0.1, 0.15) is 24.0 Å². The molecule has 6 heteroatoms. The molecule has 6 nitrogen and oxygen atoms in total. The van der Waals surface area contributed by atoms with E-state index < -0.39 is 4.92 Å². The van der Waals surface area contributed by atoms with Gasteiger partial charge in [-0.25, -0.2) is 0 Å². The van der Waals surface area contributed by atoms with Crippen LogP contribution in [0.5, 0.6) is 5.75 Å². The summed E-state index contributed by atoms with van der Waals surface area (Å²) in [6.45, 7) is 3.89. The molecule has 98 valence electrons. The van der Waals surface area contributed by atoms with E-state index in [4.69, 9.17) is 15.9 Å². The lowest BCUT2D eigenvalue weighted by atomic mass is 10.1. The van der Waals surface area contributed by atoms with Gasteiger partial charge in [-0.3, -0.25) is 15.5 Å². The zero-order chi connectivity index (χ0) is 13.7. The Kier molecular flexibility index (Phi) is 4.65. The number of hydrogen-bond donors (Lipinski definition) is 2. The normalized spacial score (nSPS) is 10.1. The number of benzene rings is 1. The summed E-state index contributed by atoms with van der Waals surface area (Å²) in [4.78, 5) is 10.3.